The zero-order valence-electron chi connectivity index (χ0n) is 14.5. The van der Waals surface area contributed by atoms with Crippen LogP contribution in [0.3, 0.4) is 0 Å². The molecule has 0 spiro atoms. The quantitative estimate of drug-likeness (QED) is 0.797. The lowest BCUT2D eigenvalue weighted by molar-refractivity contribution is 0.0595. The number of amides is 2. The summed E-state index contributed by atoms with van der Waals surface area (Å²) in [5, 5.41) is 4.80. The Bertz CT molecular complexity index is 828. The van der Waals surface area contributed by atoms with Crippen LogP contribution in [0.5, 0.6) is 0 Å². The first-order valence-electron chi connectivity index (χ1n) is 7.57. The highest BCUT2D eigenvalue weighted by molar-refractivity contribution is 5.94. The predicted molar refractivity (Wildman–Crippen MR) is 92.1 cm³/mol. The zero-order valence-corrected chi connectivity index (χ0v) is 14.5. The average molecular weight is 364 g/mol. The first kappa shape index (κ1) is 19.1. The van der Waals surface area contributed by atoms with Crippen LogP contribution in [-0.2, 0) is 11.3 Å². The van der Waals surface area contributed by atoms with Gasteiger partial charge in [0.25, 0.3) is 0 Å². The molecule has 7 nitrogen and oxygen atoms in total. The van der Waals surface area contributed by atoms with E-state index in [1.807, 2.05) is 14.1 Å². The maximum atomic E-state index is 13.8. The van der Waals surface area contributed by atoms with E-state index in [0.29, 0.717) is 11.9 Å². The van der Waals surface area contributed by atoms with Crippen molar-refractivity contribution in [1.29, 1.82) is 0 Å². The van der Waals surface area contributed by atoms with Crippen LogP contribution in [0.15, 0.2) is 30.5 Å². The number of hydrogen-bond donors (Lipinski definition) is 2. The number of ether oxygens (including phenoxy) is 1. The molecule has 2 N–H and O–H groups in total. The number of urea groups is 1. The third kappa shape index (κ3) is 4.44. The molecule has 0 atom stereocenters. The normalized spacial score (nSPS) is 10.2. The standard InChI is InChI=1S/C17H18F2N4O3/c1-23(2)15-10(5-4-6-20-15)9-21-17(25)22-14-7-11(16(24)26-3)12(18)8-13(14)19/h4-8H,9H2,1-3H3,(H2,21,22,25). The van der Waals surface area contributed by atoms with Gasteiger partial charge in [-0.2, -0.15) is 0 Å². The number of halogens is 2. The molecule has 1 heterocycles. The minimum Gasteiger partial charge on any atom is -0.465 e. The van der Waals surface area contributed by atoms with E-state index in [1.54, 1.807) is 23.2 Å². The van der Waals surface area contributed by atoms with E-state index in [4.69, 9.17) is 0 Å². The van der Waals surface area contributed by atoms with Crippen molar-refractivity contribution in [2.75, 3.05) is 31.4 Å². The van der Waals surface area contributed by atoms with Gasteiger partial charge in [0, 0.05) is 38.5 Å². The minimum atomic E-state index is -1.08. The summed E-state index contributed by atoms with van der Waals surface area (Å²) < 4.78 is 31.9. The van der Waals surface area contributed by atoms with Gasteiger partial charge in [-0.15, -0.1) is 0 Å². The molecule has 0 aliphatic rings. The molecule has 2 rings (SSSR count). The fourth-order valence-electron chi connectivity index (χ4n) is 2.22. The van der Waals surface area contributed by atoms with Gasteiger partial charge in [0.2, 0.25) is 0 Å². The maximum Gasteiger partial charge on any atom is 0.340 e. The van der Waals surface area contributed by atoms with Gasteiger partial charge < -0.3 is 20.3 Å². The number of benzene rings is 1. The van der Waals surface area contributed by atoms with Crippen LogP contribution in [0.1, 0.15) is 15.9 Å². The summed E-state index contributed by atoms with van der Waals surface area (Å²) in [4.78, 5) is 29.5. The molecule has 0 radical (unpaired) electrons. The third-order valence-electron chi connectivity index (χ3n) is 3.44. The second-order valence-electron chi connectivity index (χ2n) is 5.49. The fraction of sp³-hybridized carbons (Fsp3) is 0.235. The molecule has 0 aliphatic carbocycles. The van der Waals surface area contributed by atoms with Crippen LogP contribution < -0.4 is 15.5 Å². The summed E-state index contributed by atoms with van der Waals surface area (Å²) in [5.74, 6) is -2.39. The van der Waals surface area contributed by atoms with Gasteiger partial charge in [-0.05, 0) is 12.1 Å². The highest BCUT2D eigenvalue weighted by Crippen LogP contribution is 2.20. The number of aromatic nitrogens is 1. The SMILES string of the molecule is COC(=O)c1cc(NC(=O)NCc2cccnc2N(C)C)c(F)cc1F. The molecule has 1 aromatic heterocycles. The number of nitrogens with one attached hydrogen (secondary N) is 2. The first-order valence-corrected chi connectivity index (χ1v) is 7.57. The van der Waals surface area contributed by atoms with Crippen molar-refractivity contribution >= 4 is 23.5 Å². The highest BCUT2D eigenvalue weighted by Gasteiger charge is 2.18. The number of hydrogen-bond acceptors (Lipinski definition) is 5. The van der Waals surface area contributed by atoms with Crippen LogP contribution in [0.4, 0.5) is 25.1 Å². The van der Waals surface area contributed by atoms with E-state index in [9.17, 15) is 18.4 Å². The lowest BCUT2D eigenvalue weighted by atomic mass is 10.2. The van der Waals surface area contributed by atoms with Gasteiger partial charge in [0.1, 0.15) is 17.5 Å². The molecule has 2 aromatic rings. The minimum absolute atomic E-state index is 0.139. The number of carbonyl (C=O) groups excluding carboxylic acids is 2. The Labute approximate surface area is 149 Å². The number of pyridine rings is 1. The lowest BCUT2D eigenvalue weighted by Crippen LogP contribution is -2.29. The number of esters is 1. The summed E-state index contributed by atoms with van der Waals surface area (Å²) in [5.41, 5.74) is -0.0721. The first-order chi connectivity index (χ1) is 12.3. The van der Waals surface area contributed by atoms with Crippen molar-refractivity contribution in [1.82, 2.24) is 10.3 Å². The Morgan fingerprint density at radius 3 is 2.62 bits per heavy atom. The fourth-order valence-corrected chi connectivity index (χ4v) is 2.22. The number of nitrogens with zero attached hydrogens (tertiary/aromatic N) is 2. The van der Waals surface area contributed by atoms with Gasteiger partial charge in [0.15, 0.2) is 0 Å². The largest absolute Gasteiger partial charge is 0.465 e. The average Bonchev–Trinajstić information content (AvgIpc) is 2.61. The van der Waals surface area contributed by atoms with Crippen molar-refractivity contribution in [2.24, 2.45) is 0 Å². The molecule has 0 bridgehead atoms. The molecule has 0 saturated carbocycles. The number of rotatable bonds is 5. The maximum absolute atomic E-state index is 13.8. The van der Waals surface area contributed by atoms with Crippen LogP contribution in [0.2, 0.25) is 0 Å². The van der Waals surface area contributed by atoms with Gasteiger partial charge >= 0.3 is 12.0 Å². The van der Waals surface area contributed by atoms with Crippen molar-refractivity contribution in [3.8, 4) is 0 Å². The molecule has 0 aliphatic heterocycles. The van der Waals surface area contributed by atoms with Crippen molar-refractivity contribution in [2.45, 2.75) is 6.54 Å². The number of carbonyl (C=O) groups is 2. The molecule has 0 fully saturated rings. The Kier molecular flexibility index (Phi) is 6.05. The van der Waals surface area contributed by atoms with E-state index in [0.717, 1.165) is 18.7 Å². The molecule has 0 saturated heterocycles. The van der Waals surface area contributed by atoms with Crippen LogP contribution >= 0.6 is 0 Å². The Hall–Kier alpha value is -3.23. The van der Waals surface area contributed by atoms with Gasteiger partial charge in [-0.3, -0.25) is 0 Å². The van der Waals surface area contributed by atoms with E-state index < -0.39 is 29.2 Å². The summed E-state index contributed by atoms with van der Waals surface area (Å²) in [6, 6.07) is 4.18. The Morgan fingerprint density at radius 2 is 1.96 bits per heavy atom. The van der Waals surface area contributed by atoms with Crippen molar-refractivity contribution in [3.63, 3.8) is 0 Å². The van der Waals surface area contributed by atoms with Crippen LogP contribution in [-0.4, -0.2) is 38.2 Å². The smallest absolute Gasteiger partial charge is 0.340 e. The predicted octanol–water partition coefficient (Wildman–Crippen LogP) is 2.53. The number of anilines is 2. The molecule has 26 heavy (non-hydrogen) atoms. The summed E-state index contributed by atoms with van der Waals surface area (Å²) >= 11 is 0. The highest BCUT2D eigenvalue weighted by atomic mass is 19.1. The van der Waals surface area contributed by atoms with Crippen molar-refractivity contribution < 1.29 is 23.1 Å². The summed E-state index contributed by atoms with van der Waals surface area (Å²) in [6.07, 6.45) is 1.63. The van der Waals surface area contributed by atoms with Gasteiger partial charge in [-0.25, -0.2) is 23.4 Å². The summed E-state index contributed by atoms with van der Waals surface area (Å²) in [7, 11) is 4.70. The summed E-state index contributed by atoms with van der Waals surface area (Å²) in [6.45, 7) is 0.139. The lowest BCUT2D eigenvalue weighted by Gasteiger charge is -2.16. The molecular formula is C17H18F2N4O3. The molecule has 138 valence electrons. The van der Waals surface area contributed by atoms with Crippen molar-refractivity contribution in [3.05, 3.63) is 53.2 Å². The van der Waals surface area contributed by atoms with Gasteiger partial charge in [0.05, 0.1) is 18.4 Å². The second-order valence-corrected chi connectivity index (χ2v) is 5.49. The Balaban J connectivity index is 2.10. The Morgan fingerprint density at radius 1 is 1.23 bits per heavy atom. The van der Waals surface area contributed by atoms with E-state index >= 15 is 0 Å². The monoisotopic (exact) mass is 364 g/mol. The molecule has 2 amide bonds. The third-order valence-corrected chi connectivity index (χ3v) is 3.44. The van der Waals surface area contributed by atoms with Crippen LogP contribution in [0, 0.1) is 11.6 Å². The van der Waals surface area contributed by atoms with Crippen LogP contribution in [0.25, 0.3) is 0 Å². The topological polar surface area (TPSA) is 83.6 Å². The van der Waals surface area contributed by atoms with E-state index in [-0.39, 0.29) is 12.2 Å². The molecule has 1 aromatic carbocycles. The molecular weight excluding hydrogens is 346 g/mol. The molecule has 0 unspecified atom stereocenters. The molecule has 9 heteroatoms. The van der Waals surface area contributed by atoms with Gasteiger partial charge in [-0.1, -0.05) is 6.07 Å². The van der Waals surface area contributed by atoms with E-state index in [1.165, 1.54) is 0 Å². The number of methoxy groups -OCH3 is 1. The zero-order chi connectivity index (χ0) is 19.3. The second kappa shape index (κ2) is 8.24. The van der Waals surface area contributed by atoms with E-state index in [2.05, 4.69) is 20.4 Å².